The molecule has 0 fully saturated rings. The largest absolute Gasteiger partial charge is 0.497 e. The van der Waals surface area contributed by atoms with Crippen LogP contribution in [0.15, 0.2) is 30.6 Å². The van der Waals surface area contributed by atoms with E-state index in [0.717, 1.165) is 39.9 Å². The molecular formula is C17H15Cl2N3O. The fraction of sp³-hybridized carbons (Fsp3) is 0.235. The fourth-order valence-corrected chi connectivity index (χ4v) is 3.03. The first-order valence-electron chi connectivity index (χ1n) is 7.24. The number of fused-ring (bicyclic) bond motifs is 1. The Morgan fingerprint density at radius 1 is 1.00 bits per heavy atom. The first-order valence-corrected chi connectivity index (χ1v) is 7.99. The van der Waals surface area contributed by atoms with Crippen molar-refractivity contribution >= 4 is 34.0 Å². The van der Waals surface area contributed by atoms with Crippen molar-refractivity contribution in [3.05, 3.63) is 57.6 Å². The SMILES string of the molecule is CCc1nnc(Cc2c(Cl)cncc2Cl)c2ccc(OC)cc12. The van der Waals surface area contributed by atoms with E-state index in [1.807, 2.05) is 18.2 Å². The first-order chi connectivity index (χ1) is 11.1. The first kappa shape index (κ1) is 16.0. The number of aromatic nitrogens is 3. The predicted molar refractivity (Wildman–Crippen MR) is 92.5 cm³/mol. The normalized spacial score (nSPS) is 11.0. The number of pyridine rings is 1. The van der Waals surface area contributed by atoms with Crippen molar-refractivity contribution in [1.82, 2.24) is 15.2 Å². The zero-order chi connectivity index (χ0) is 16.4. The molecule has 0 radical (unpaired) electrons. The van der Waals surface area contributed by atoms with E-state index < -0.39 is 0 Å². The molecule has 6 heteroatoms. The van der Waals surface area contributed by atoms with Gasteiger partial charge >= 0.3 is 0 Å². The molecule has 0 saturated carbocycles. The lowest BCUT2D eigenvalue weighted by atomic mass is 10.0. The highest BCUT2D eigenvalue weighted by Crippen LogP contribution is 2.30. The van der Waals surface area contributed by atoms with Gasteiger partial charge in [0.25, 0.3) is 0 Å². The smallest absolute Gasteiger partial charge is 0.119 e. The number of benzene rings is 1. The molecule has 0 aliphatic carbocycles. The summed E-state index contributed by atoms with van der Waals surface area (Å²) in [6.07, 6.45) is 4.47. The topological polar surface area (TPSA) is 47.9 Å². The van der Waals surface area contributed by atoms with Crippen molar-refractivity contribution in [1.29, 1.82) is 0 Å². The highest BCUT2D eigenvalue weighted by Gasteiger charge is 2.14. The minimum Gasteiger partial charge on any atom is -0.497 e. The van der Waals surface area contributed by atoms with Gasteiger partial charge in [0.2, 0.25) is 0 Å². The van der Waals surface area contributed by atoms with Gasteiger partial charge in [0, 0.05) is 29.6 Å². The maximum Gasteiger partial charge on any atom is 0.119 e. The van der Waals surface area contributed by atoms with Crippen LogP contribution in [0.5, 0.6) is 5.75 Å². The van der Waals surface area contributed by atoms with Gasteiger partial charge in [-0.15, -0.1) is 0 Å². The fourth-order valence-electron chi connectivity index (χ4n) is 2.54. The molecule has 2 heterocycles. The van der Waals surface area contributed by atoms with Crippen molar-refractivity contribution < 1.29 is 4.74 Å². The summed E-state index contributed by atoms with van der Waals surface area (Å²) in [5, 5.41) is 11.9. The summed E-state index contributed by atoms with van der Waals surface area (Å²) in [6, 6.07) is 5.91. The van der Waals surface area contributed by atoms with Crippen LogP contribution in [0.3, 0.4) is 0 Å². The van der Waals surface area contributed by atoms with Crippen molar-refractivity contribution in [2.24, 2.45) is 0 Å². The van der Waals surface area contributed by atoms with Gasteiger partial charge in [-0.2, -0.15) is 10.2 Å². The van der Waals surface area contributed by atoms with Crippen LogP contribution in [0.1, 0.15) is 23.9 Å². The Morgan fingerprint density at radius 3 is 2.35 bits per heavy atom. The third kappa shape index (κ3) is 3.09. The molecule has 0 aliphatic rings. The van der Waals surface area contributed by atoms with Crippen LogP contribution in [-0.4, -0.2) is 22.3 Å². The Bertz CT molecular complexity index is 848. The van der Waals surface area contributed by atoms with E-state index in [1.54, 1.807) is 19.5 Å². The summed E-state index contributed by atoms with van der Waals surface area (Å²) in [5.74, 6) is 0.797. The molecule has 0 aliphatic heterocycles. The second-order valence-electron chi connectivity index (χ2n) is 5.12. The Balaban J connectivity index is 2.15. The molecule has 3 rings (SSSR count). The molecule has 23 heavy (non-hydrogen) atoms. The summed E-state index contributed by atoms with van der Waals surface area (Å²) >= 11 is 12.4. The highest BCUT2D eigenvalue weighted by molar-refractivity contribution is 6.35. The molecule has 4 nitrogen and oxygen atoms in total. The second kappa shape index (κ2) is 6.69. The number of hydrogen-bond donors (Lipinski definition) is 0. The summed E-state index contributed by atoms with van der Waals surface area (Å²) in [4.78, 5) is 3.98. The monoisotopic (exact) mass is 347 g/mol. The van der Waals surface area contributed by atoms with E-state index in [2.05, 4.69) is 22.1 Å². The van der Waals surface area contributed by atoms with Gasteiger partial charge < -0.3 is 4.74 Å². The molecule has 0 unspecified atom stereocenters. The predicted octanol–water partition coefficient (Wildman–Crippen LogP) is 4.49. The van der Waals surface area contributed by atoms with Gasteiger partial charge in [0.1, 0.15) is 5.75 Å². The number of rotatable bonds is 4. The molecule has 0 spiro atoms. The summed E-state index contributed by atoms with van der Waals surface area (Å²) < 4.78 is 5.32. The quantitative estimate of drug-likeness (QED) is 0.697. The Labute approximate surface area is 144 Å². The molecule has 0 bridgehead atoms. The average Bonchev–Trinajstić information content (AvgIpc) is 2.57. The van der Waals surface area contributed by atoms with Crippen LogP contribution in [-0.2, 0) is 12.8 Å². The third-order valence-electron chi connectivity index (χ3n) is 3.77. The number of methoxy groups -OCH3 is 1. The van der Waals surface area contributed by atoms with Gasteiger partial charge in [-0.3, -0.25) is 4.98 Å². The molecule has 0 saturated heterocycles. The van der Waals surface area contributed by atoms with Crippen LogP contribution >= 0.6 is 23.2 Å². The van der Waals surface area contributed by atoms with Gasteiger partial charge in [0.15, 0.2) is 0 Å². The molecule has 118 valence electrons. The van der Waals surface area contributed by atoms with Crippen LogP contribution in [0.25, 0.3) is 10.8 Å². The summed E-state index contributed by atoms with van der Waals surface area (Å²) in [7, 11) is 1.65. The number of ether oxygens (including phenoxy) is 1. The van der Waals surface area contributed by atoms with Crippen LogP contribution in [0.4, 0.5) is 0 Å². The number of aryl methyl sites for hydroxylation is 1. The van der Waals surface area contributed by atoms with E-state index in [-0.39, 0.29) is 0 Å². The average molecular weight is 348 g/mol. The number of nitrogens with zero attached hydrogens (tertiary/aromatic N) is 3. The molecular weight excluding hydrogens is 333 g/mol. The maximum absolute atomic E-state index is 6.22. The van der Waals surface area contributed by atoms with Crippen molar-refractivity contribution in [3.8, 4) is 5.75 Å². The van der Waals surface area contributed by atoms with Crippen LogP contribution < -0.4 is 4.74 Å². The molecule has 3 aromatic rings. The Hall–Kier alpha value is -1.91. The van der Waals surface area contributed by atoms with Gasteiger partial charge in [-0.25, -0.2) is 0 Å². The lowest BCUT2D eigenvalue weighted by Crippen LogP contribution is -2.02. The maximum atomic E-state index is 6.22. The van der Waals surface area contributed by atoms with Crippen LogP contribution in [0, 0.1) is 0 Å². The highest BCUT2D eigenvalue weighted by atomic mass is 35.5. The molecule has 0 atom stereocenters. The van der Waals surface area contributed by atoms with Crippen molar-refractivity contribution in [2.75, 3.05) is 7.11 Å². The summed E-state index contributed by atoms with van der Waals surface area (Å²) in [5.41, 5.74) is 2.57. The second-order valence-corrected chi connectivity index (χ2v) is 5.93. The molecule has 0 N–H and O–H groups in total. The van der Waals surface area contributed by atoms with E-state index >= 15 is 0 Å². The van der Waals surface area contributed by atoms with Gasteiger partial charge in [0.05, 0.1) is 28.5 Å². The Morgan fingerprint density at radius 2 is 1.70 bits per heavy atom. The third-order valence-corrected chi connectivity index (χ3v) is 4.42. The van der Waals surface area contributed by atoms with E-state index in [0.29, 0.717) is 16.5 Å². The van der Waals surface area contributed by atoms with Crippen molar-refractivity contribution in [2.45, 2.75) is 19.8 Å². The molecule has 1 aromatic carbocycles. The minimum absolute atomic E-state index is 0.500. The van der Waals surface area contributed by atoms with Gasteiger partial charge in [-0.1, -0.05) is 30.1 Å². The van der Waals surface area contributed by atoms with E-state index in [9.17, 15) is 0 Å². The molecule has 0 amide bonds. The lowest BCUT2D eigenvalue weighted by Gasteiger charge is -2.11. The number of halogens is 2. The standard InChI is InChI=1S/C17H15Cl2N3O/c1-3-16-12-6-10(23-2)4-5-11(12)17(22-21-16)7-13-14(18)8-20-9-15(13)19/h4-6,8-9H,3,7H2,1-2H3. The zero-order valence-electron chi connectivity index (χ0n) is 12.8. The minimum atomic E-state index is 0.500. The lowest BCUT2D eigenvalue weighted by molar-refractivity contribution is 0.415. The van der Waals surface area contributed by atoms with Crippen molar-refractivity contribution in [3.63, 3.8) is 0 Å². The number of hydrogen-bond acceptors (Lipinski definition) is 4. The van der Waals surface area contributed by atoms with E-state index in [1.165, 1.54) is 0 Å². The summed E-state index contributed by atoms with van der Waals surface area (Å²) in [6.45, 7) is 2.05. The Kier molecular flexibility index (Phi) is 4.64. The zero-order valence-corrected chi connectivity index (χ0v) is 14.3. The van der Waals surface area contributed by atoms with Gasteiger partial charge in [-0.05, 0) is 30.2 Å². The molecule has 2 aromatic heterocycles. The van der Waals surface area contributed by atoms with Crippen LogP contribution in [0.2, 0.25) is 10.0 Å². The van der Waals surface area contributed by atoms with E-state index in [4.69, 9.17) is 27.9 Å².